The molecule has 0 aliphatic heterocycles. The van der Waals surface area contributed by atoms with Gasteiger partial charge in [0.05, 0.1) is 10.1 Å². The SMILES string of the molecule is CC(C)c1ccc(S(=O)(=O)C2CC(N)C2)cc1. The van der Waals surface area contributed by atoms with Gasteiger partial charge in [-0.2, -0.15) is 0 Å². The minimum absolute atomic E-state index is 0.0599. The van der Waals surface area contributed by atoms with E-state index in [1.54, 1.807) is 12.1 Å². The lowest BCUT2D eigenvalue weighted by Gasteiger charge is -2.31. The van der Waals surface area contributed by atoms with Crippen LogP contribution in [-0.4, -0.2) is 19.7 Å². The Balaban J connectivity index is 2.22. The van der Waals surface area contributed by atoms with Crippen LogP contribution in [0.5, 0.6) is 0 Å². The summed E-state index contributed by atoms with van der Waals surface area (Å²) in [4.78, 5) is 0.429. The maximum absolute atomic E-state index is 12.2. The first-order chi connectivity index (χ1) is 7.91. The van der Waals surface area contributed by atoms with Crippen LogP contribution >= 0.6 is 0 Å². The van der Waals surface area contributed by atoms with Gasteiger partial charge in [0.1, 0.15) is 0 Å². The van der Waals surface area contributed by atoms with Gasteiger partial charge in [-0.15, -0.1) is 0 Å². The molecule has 3 nitrogen and oxygen atoms in total. The Labute approximate surface area is 103 Å². The van der Waals surface area contributed by atoms with Crippen molar-refractivity contribution >= 4 is 9.84 Å². The van der Waals surface area contributed by atoms with Crippen molar-refractivity contribution in [3.05, 3.63) is 29.8 Å². The van der Waals surface area contributed by atoms with Gasteiger partial charge < -0.3 is 5.73 Å². The van der Waals surface area contributed by atoms with Crippen LogP contribution in [0.4, 0.5) is 0 Å². The Bertz CT molecular complexity index is 485. The second-order valence-corrected chi connectivity index (χ2v) is 7.35. The number of hydrogen-bond donors (Lipinski definition) is 1. The lowest BCUT2D eigenvalue weighted by molar-refractivity contribution is 0.409. The van der Waals surface area contributed by atoms with Gasteiger partial charge in [-0.25, -0.2) is 8.42 Å². The van der Waals surface area contributed by atoms with Gasteiger partial charge in [-0.3, -0.25) is 0 Å². The van der Waals surface area contributed by atoms with E-state index >= 15 is 0 Å². The minimum atomic E-state index is -3.16. The molecule has 0 aromatic heterocycles. The molecule has 1 fully saturated rings. The summed E-state index contributed by atoms with van der Waals surface area (Å²) >= 11 is 0. The predicted molar refractivity (Wildman–Crippen MR) is 68.7 cm³/mol. The summed E-state index contributed by atoms with van der Waals surface area (Å²) in [7, 11) is -3.16. The Hall–Kier alpha value is -0.870. The van der Waals surface area contributed by atoms with E-state index in [4.69, 9.17) is 5.73 Å². The summed E-state index contributed by atoms with van der Waals surface area (Å²) in [6.07, 6.45) is 1.18. The molecular weight excluding hydrogens is 234 g/mol. The van der Waals surface area contributed by atoms with Crippen LogP contribution < -0.4 is 5.73 Å². The first-order valence-corrected chi connectivity index (χ1v) is 7.55. The largest absolute Gasteiger partial charge is 0.328 e. The van der Waals surface area contributed by atoms with E-state index in [1.165, 1.54) is 0 Å². The Morgan fingerprint density at radius 2 is 1.71 bits per heavy atom. The highest BCUT2D eigenvalue weighted by molar-refractivity contribution is 7.92. The summed E-state index contributed by atoms with van der Waals surface area (Å²) in [5.74, 6) is 0.420. The highest BCUT2D eigenvalue weighted by Crippen LogP contribution is 2.31. The van der Waals surface area contributed by atoms with Crippen LogP contribution in [0, 0.1) is 0 Å². The maximum atomic E-state index is 12.2. The molecule has 17 heavy (non-hydrogen) atoms. The highest BCUT2D eigenvalue weighted by atomic mass is 32.2. The monoisotopic (exact) mass is 253 g/mol. The second kappa shape index (κ2) is 4.42. The summed E-state index contributed by atoms with van der Waals surface area (Å²) in [6, 6.07) is 7.29. The topological polar surface area (TPSA) is 60.2 Å². The van der Waals surface area contributed by atoms with Crippen molar-refractivity contribution in [2.75, 3.05) is 0 Å². The molecule has 0 amide bonds. The molecule has 1 saturated carbocycles. The number of nitrogens with two attached hydrogens (primary N) is 1. The van der Waals surface area contributed by atoms with Gasteiger partial charge in [0.15, 0.2) is 9.84 Å². The van der Waals surface area contributed by atoms with Crippen LogP contribution in [0.15, 0.2) is 29.2 Å². The van der Waals surface area contributed by atoms with Crippen molar-refractivity contribution in [2.45, 2.75) is 48.8 Å². The zero-order valence-corrected chi connectivity index (χ0v) is 11.1. The van der Waals surface area contributed by atoms with E-state index < -0.39 is 9.84 Å². The molecule has 0 unspecified atom stereocenters. The van der Waals surface area contributed by atoms with E-state index in [9.17, 15) is 8.42 Å². The van der Waals surface area contributed by atoms with Gasteiger partial charge in [-0.05, 0) is 36.5 Å². The maximum Gasteiger partial charge on any atom is 0.181 e. The van der Waals surface area contributed by atoms with Crippen LogP contribution in [0.25, 0.3) is 0 Å². The predicted octanol–water partition coefficient (Wildman–Crippen LogP) is 2.07. The zero-order valence-electron chi connectivity index (χ0n) is 10.3. The summed E-state index contributed by atoms with van der Waals surface area (Å²) < 4.78 is 24.4. The first-order valence-electron chi connectivity index (χ1n) is 6.00. The van der Waals surface area contributed by atoms with Crippen molar-refractivity contribution < 1.29 is 8.42 Å². The molecule has 1 aromatic rings. The van der Waals surface area contributed by atoms with E-state index in [0.29, 0.717) is 23.7 Å². The summed E-state index contributed by atoms with van der Waals surface area (Å²) in [5.41, 5.74) is 6.80. The lowest BCUT2D eigenvalue weighted by Crippen LogP contribution is -2.44. The summed E-state index contributed by atoms with van der Waals surface area (Å²) in [5, 5.41) is -0.276. The van der Waals surface area contributed by atoms with Crippen LogP contribution in [0.2, 0.25) is 0 Å². The van der Waals surface area contributed by atoms with Crippen molar-refractivity contribution in [1.29, 1.82) is 0 Å². The lowest BCUT2D eigenvalue weighted by atomic mass is 9.93. The van der Waals surface area contributed by atoms with Crippen molar-refractivity contribution in [3.8, 4) is 0 Å². The van der Waals surface area contributed by atoms with Gasteiger partial charge in [-0.1, -0.05) is 26.0 Å². The van der Waals surface area contributed by atoms with E-state index in [1.807, 2.05) is 12.1 Å². The zero-order chi connectivity index (χ0) is 12.6. The Kier molecular flexibility index (Phi) is 3.27. The smallest absolute Gasteiger partial charge is 0.181 e. The number of benzene rings is 1. The molecule has 1 aliphatic rings. The third-order valence-corrected chi connectivity index (χ3v) is 5.64. The molecule has 0 atom stereocenters. The first kappa shape index (κ1) is 12.6. The molecule has 2 rings (SSSR count). The molecule has 0 heterocycles. The molecule has 0 radical (unpaired) electrons. The molecule has 1 aromatic carbocycles. The van der Waals surface area contributed by atoms with Crippen molar-refractivity contribution in [3.63, 3.8) is 0 Å². The number of hydrogen-bond acceptors (Lipinski definition) is 3. The number of sulfone groups is 1. The Morgan fingerprint density at radius 3 is 2.12 bits per heavy atom. The van der Waals surface area contributed by atoms with Gasteiger partial charge in [0.25, 0.3) is 0 Å². The third kappa shape index (κ3) is 2.38. The average Bonchev–Trinajstić information content (AvgIpc) is 2.25. The van der Waals surface area contributed by atoms with Gasteiger partial charge in [0, 0.05) is 6.04 Å². The quantitative estimate of drug-likeness (QED) is 0.897. The second-order valence-electron chi connectivity index (χ2n) is 5.12. The average molecular weight is 253 g/mol. The normalized spacial score (nSPS) is 24.7. The fourth-order valence-electron chi connectivity index (χ4n) is 2.09. The fraction of sp³-hybridized carbons (Fsp3) is 0.538. The molecule has 0 bridgehead atoms. The van der Waals surface area contributed by atoms with Crippen molar-refractivity contribution in [1.82, 2.24) is 0 Å². The van der Waals surface area contributed by atoms with Crippen LogP contribution in [0.3, 0.4) is 0 Å². The minimum Gasteiger partial charge on any atom is -0.328 e. The molecule has 4 heteroatoms. The van der Waals surface area contributed by atoms with E-state index in [0.717, 1.165) is 5.56 Å². The fourth-order valence-corrected chi connectivity index (χ4v) is 4.00. The van der Waals surface area contributed by atoms with E-state index in [-0.39, 0.29) is 11.3 Å². The van der Waals surface area contributed by atoms with Gasteiger partial charge >= 0.3 is 0 Å². The van der Waals surface area contributed by atoms with Gasteiger partial charge in [0.2, 0.25) is 0 Å². The third-order valence-electron chi connectivity index (χ3n) is 3.45. The molecular formula is C13H19NO2S. The van der Waals surface area contributed by atoms with Crippen molar-refractivity contribution in [2.24, 2.45) is 5.73 Å². The molecule has 2 N–H and O–H groups in total. The highest BCUT2D eigenvalue weighted by Gasteiger charge is 2.37. The number of rotatable bonds is 3. The summed E-state index contributed by atoms with van der Waals surface area (Å²) in [6.45, 7) is 4.18. The molecule has 0 spiro atoms. The molecule has 1 aliphatic carbocycles. The standard InChI is InChI=1S/C13H19NO2S/c1-9(2)10-3-5-12(6-4-10)17(15,16)13-7-11(14)8-13/h3-6,9,11,13H,7-8,14H2,1-2H3. The van der Waals surface area contributed by atoms with Crippen LogP contribution in [0.1, 0.15) is 38.2 Å². The van der Waals surface area contributed by atoms with Crippen LogP contribution in [-0.2, 0) is 9.84 Å². The molecule has 0 saturated heterocycles. The van der Waals surface area contributed by atoms with E-state index in [2.05, 4.69) is 13.8 Å². The Morgan fingerprint density at radius 1 is 1.18 bits per heavy atom. The molecule has 94 valence electrons.